The van der Waals surface area contributed by atoms with Gasteiger partial charge in [-0.05, 0) is 51.3 Å². The summed E-state index contributed by atoms with van der Waals surface area (Å²) in [7, 11) is 0. The van der Waals surface area contributed by atoms with E-state index in [0.717, 1.165) is 25.3 Å². The van der Waals surface area contributed by atoms with Gasteiger partial charge < -0.3 is 5.32 Å². The Morgan fingerprint density at radius 3 is 2.94 bits per heavy atom. The maximum atomic E-state index is 4.43. The Labute approximate surface area is 103 Å². The molecule has 1 N–H and O–H groups in total. The van der Waals surface area contributed by atoms with Crippen LogP contribution in [0.15, 0.2) is 6.07 Å². The Kier molecular flexibility index (Phi) is 6.57. The summed E-state index contributed by atoms with van der Waals surface area (Å²) in [5.74, 6) is 1.27. The molecule has 0 bridgehead atoms. The number of rotatable bonds is 8. The average Bonchev–Trinajstić information content (AvgIpc) is 2.64. The van der Waals surface area contributed by atoms with Crippen molar-refractivity contribution in [1.82, 2.24) is 15.1 Å². The minimum absolute atomic E-state index is 0.938. The molecule has 1 rings (SSSR count). The van der Waals surface area contributed by atoms with Crippen molar-refractivity contribution in [3.8, 4) is 0 Å². The van der Waals surface area contributed by atoms with Gasteiger partial charge in [0.1, 0.15) is 0 Å². The summed E-state index contributed by atoms with van der Waals surface area (Å²) in [5.41, 5.74) is 2.41. The van der Waals surface area contributed by atoms with Crippen LogP contribution in [0.5, 0.6) is 0 Å². The number of nitrogens with zero attached hydrogens (tertiary/aromatic N) is 2. The summed E-state index contributed by atoms with van der Waals surface area (Å²) in [5, 5.41) is 7.91. The maximum absolute atomic E-state index is 4.43. The molecule has 0 aliphatic rings. The first-order valence-electron chi connectivity index (χ1n) is 6.01. The van der Waals surface area contributed by atoms with Gasteiger partial charge in [0.15, 0.2) is 0 Å². The molecule has 0 fully saturated rings. The molecular weight excluding hydrogens is 218 g/mol. The summed E-state index contributed by atoms with van der Waals surface area (Å²) >= 11 is 1.92. The number of aryl methyl sites for hydroxylation is 2. The molecular formula is C12H23N3S. The second kappa shape index (κ2) is 7.74. The van der Waals surface area contributed by atoms with Crippen LogP contribution in [0.2, 0.25) is 0 Å². The summed E-state index contributed by atoms with van der Waals surface area (Å²) in [6.45, 7) is 7.18. The first-order chi connectivity index (χ1) is 7.77. The third kappa shape index (κ3) is 4.58. The topological polar surface area (TPSA) is 29.9 Å². The van der Waals surface area contributed by atoms with E-state index >= 15 is 0 Å². The highest BCUT2D eigenvalue weighted by Gasteiger charge is 2.02. The van der Waals surface area contributed by atoms with Crippen molar-refractivity contribution in [2.75, 3.05) is 18.6 Å². The van der Waals surface area contributed by atoms with Crippen molar-refractivity contribution in [2.24, 2.45) is 0 Å². The zero-order valence-electron chi connectivity index (χ0n) is 10.6. The Morgan fingerprint density at radius 2 is 2.25 bits per heavy atom. The molecule has 1 aromatic rings. The quantitative estimate of drug-likeness (QED) is 0.709. The molecule has 0 aliphatic carbocycles. The third-order valence-electron chi connectivity index (χ3n) is 2.54. The standard InChI is InChI=1S/C12H23N3S/c1-4-15-12(9-11(2)14-15)10-13-7-5-6-8-16-3/h9,13H,4-8,10H2,1-3H3. The van der Waals surface area contributed by atoms with E-state index in [1.807, 2.05) is 18.7 Å². The van der Waals surface area contributed by atoms with Crippen molar-refractivity contribution in [3.63, 3.8) is 0 Å². The molecule has 3 nitrogen and oxygen atoms in total. The van der Waals surface area contributed by atoms with Crippen molar-refractivity contribution in [3.05, 3.63) is 17.5 Å². The van der Waals surface area contributed by atoms with Gasteiger partial charge in [-0.15, -0.1) is 0 Å². The average molecular weight is 241 g/mol. The van der Waals surface area contributed by atoms with E-state index in [1.165, 1.54) is 24.3 Å². The largest absolute Gasteiger partial charge is 0.311 e. The Balaban J connectivity index is 2.21. The van der Waals surface area contributed by atoms with E-state index in [1.54, 1.807) is 0 Å². The van der Waals surface area contributed by atoms with Crippen LogP contribution in [0, 0.1) is 6.92 Å². The predicted molar refractivity (Wildman–Crippen MR) is 72.0 cm³/mol. The Morgan fingerprint density at radius 1 is 1.44 bits per heavy atom. The van der Waals surface area contributed by atoms with E-state index in [0.29, 0.717) is 0 Å². The van der Waals surface area contributed by atoms with Gasteiger partial charge in [-0.3, -0.25) is 4.68 Å². The summed E-state index contributed by atoms with van der Waals surface area (Å²) in [6, 6.07) is 2.17. The first kappa shape index (κ1) is 13.6. The highest BCUT2D eigenvalue weighted by Crippen LogP contribution is 2.03. The smallest absolute Gasteiger partial charge is 0.0597 e. The van der Waals surface area contributed by atoms with Crippen LogP contribution in [0.4, 0.5) is 0 Å². The molecule has 1 heterocycles. The van der Waals surface area contributed by atoms with Crippen LogP contribution < -0.4 is 5.32 Å². The van der Waals surface area contributed by atoms with Gasteiger partial charge in [-0.2, -0.15) is 16.9 Å². The zero-order chi connectivity index (χ0) is 11.8. The molecule has 0 aromatic carbocycles. The Bertz CT molecular complexity index is 296. The molecule has 4 heteroatoms. The fourth-order valence-electron chi connectivity index (χ4n) is 1.73. The van der Waals surface area contributed by atoms with E-state index in [2.05, 4.69) is 34.3 Å². The van der Waals surface area contributed by atoms with Gasteiger partial charge >= 0.3 is 0 Å². The molecule has 0 amide bonds. The molecule has 0 unspecified atom stereocenters. The summed E-state index contributed by atoms with van der Waals surface area (Å²) < 4.78 is 2.07. The molecule has 92 valence electrons. The lowest BCUT2D eigenvalue weighted by molar-refractivity contribution is 0.570. The van der Waals surface area contributed by atoms with Gasteiger partial charge in [-0.25, -0.2) is 0 Å². The normalized spacial score (nSPS) is 10.9. The van der Waals surface area contributed by atoms with Gasteiger partial charge in [-0.1, -0.05) is 0 Å². The molecule has 1 aromatic heterocycles. The monoisotopic (exact) mass is 241 g/mol. The van der Waals surface area contributed by atoms with Crippen LogP contribution in [0.25, 0.3) is 0 Å². The van der Waals surface area contributed by atoms with Gasteiger partial charge in [0.25, 0.3) is 0 Å². The van der Waals surface area contributed by atoms with E-state index in [-0.39, 0.29) is 0 Å². The van der Waals surface area contributed by atoms with Gasteiger partial charge in [0, 0.05) is 13.1 Å². The van der Waals surface area contributed by atoms with Crippen LogP contribution in [-0.2, 0) is 13.1 Å². The number of hydrogen-bond acceptors (Lipinski definition) is 3. The number of hydrogen-bond donors (Lipinski definition) is 1. The van der Waals surface area contributed by atoms with Crippen molar-refractivity contribution >= 4 is 11.8 Å². The number of nitrogens with one attached hydrogen (secondary N) is 1. The van der Waals surface area contributed by atoms with E-state index in [4.69, 9.17) is 0 Å². The highest BCUT2D eigenvalue weighted by molar-refractivity contribution is 7.98. The number of thioether (sulfide) groups is 1. The van der Waals surface area contributed by atoms with Crippen molar-refractivity contribution in [2.45, 2.75) is 39.8 Å². The molecule has 16 heavy (non-hydrogen) atoms. The van der Waals surface area contributed by atoms with Crippen LogP contribution >= 0.6 is 11.8 Å². The minimum Gasteiger partial charge on any atom is -0.311 e. The lowest BCUT2D eigenvalue weighted by Crippen LogP contribution is -2.17. The highest BCUT2D eigenvalue weighted by atomic mass is 32.2. The van der Waals surface area contributed by atoms with Crippen molar-refractivity contribution < 1.29 is 0 Å². The summed E-state index contributed by atoms with van der Waals surface area (Å²) in [6.07, 6.45) is 4.73. The fourth-order valence-corrected chi connectivity index (χ4v) is 2.22. The maximum Gasteiger partial charge on any atom is 0.0597 e. The third-order valence-corrected chi connectivity index (χ3v) is 3.24. The fraction of sp³-hybridized carbons (Fsp3) is 0.750. The minimum atomic E-state index is 0.938. The van der Waals surface area contributed by atoms with Crippen molar-refractivity contribution in [1.29, 1.82) is 0 Å². The molecule has 0 saturated carbocycles. The van der Waals surface area contributed by atoms with E-state index in [9.17, 15) is 0 Å². The molecule has 0 saturated heterocycles. The van der Waals surface area contributed by atoms with Crippen LogP contribution in [0.1, 0.15) is 31.2 Å². The Hall–Kier alpha value is -0.480. The molecule has 0 atom stereocenters. The number of unbranched alkanes of at least 4 members (excludes halogenated alkanes) is 1. The lowest BCUT2D eigenvalue weighted by atomic mass is 10.3. The van der Waals surface area contributed by atoms with Gasteiger partial charge in [0.05, 0.1) is 11.4 Å². The molecule has 0 radical (unpaired) electrons. The second-order valence-electron chi connectivity index (χ2n) is 3.97. The lowest BCUT2D eigenvalue weighted by Gasteiger charge is -2.06. The van der Waals surface area contributed by atoms with E-state index < -0.39 is 0 Å². The zero-order valence-corrected chi connectivity index (χ0v) is 11.4. The van der Waals surface area contributed by atoms with Crippen LogP contribution in [0.3, 0.4) is 0 Å². The second-order valence-corrected chi connectivity index (χ2v) is 4.96. The molecule has 0 spiro atoms. The SMILES string of the molecule is CCn1nc(C)cc1CNCCCCSC. The van der Waals surface area contributed by atoms with Crippen LogP contribution in [-0.4, -0.2) is 28.3 Å². The molecule has 0 aliphatic heterocycles. The predicted octanol–water partition coefficient (Wildman–Crippen LogP) is 2.44. The first-order valence-corrected chi connectivity index (χ1v) is 7.40. The van der Waals surface area contributed by atoms with Gasteiger partial charge in [0.2, 0.25) is 0 Å². The summed E-state index contributed by atoms with van der Waals surface area (Å²) in [4.78, 5) is 0. The number of aromatic nitrogens is 2.